The van der Waals surface area contributed by atoms with Gasteiger partial charge in [0.2, 0.25) is 6.29 Å². The van der Waals surface area contributed by atoms with Gasteiger partial charge >= 0.3 is 0 Å². The Morgan fingerprint density at radius 1 is 1.53 bits per heavy atom. The highest BCUT2D eigenvalue weighted by atomic mass is 16.7. The molecule has 4 rings (SSSR count). The number of aliphatic hydroxyl groups is 2. The van der Waals surface area contributed by atoms with Crippen LogP contribution in [0.4, 0.5) is 0 Å². The second-order valence-corrected chi connectivity index (χ2v) is 5.60. The van der Waals surface area contributed by atoms with Gasteiger partial charge in [0.15, 0.2) is 17.7 Å². The molecule has 19 heavy (non-hydrogen) atoms. The van der Waals surface area contributed by atoms with Crippen LogP contribution in [0.1, 0.15) is 13.3 Å². The first-order chi connectivity index (χ1) is 9.03. The number of hydrogen-bond acceptors (Lipinski definition) is 5. The Labute approximate surface area is 110 Å². The van der Waals surface area contributed by atoms with Crippen molar-refractivity contribution in [1.29, 1.82) is 0 Å². The summed E-state index contributed by atoms with van der Waals surface area (Å²) in [6, 6.07) is 0. The van der Waals surface area contributed by atoms with Crippen molar-refractivity contribution in [1.82, 2.24) is 0 Å². The van der Waals surface area contributed by atoms with Crippen LogP contribution in [-0.4, -0.2) is 34.5 Å². The van der Waals surface area contributed by atoms with Crippen LogP contribution in [0.25, 0.3) is 0 Å². The van der Waals surface area contributed by atoms with E-state index < -0.39 is 24.3 Å². The summed E-state index contributed by atoms with van der Waals surface area (Å²) in [6.07, 6.45) is 2.49. The highest BCUT2D eigenvalue weighted by Gasteiger charge is 2.66. The fourth-order valence-electron chi connectivity index (χ4n) is 3.74. The standard InChI is InChI=1S/C14H16O5/c1-6(15)10-7(2)19-14-4-3-8-5-9(16)17-13(11(8)14)18-12(10)14/h3-4,6,8-9,11,13,15-16H,2,5H2,1H3/t6-,8-,9+,11-,13-,14+/m1/s1. The largest absolute Gasteiger partial charge is 0.475 e. The second kappa shape index (κ2) is 3.42. The third kappa shape index (κ3) is 1.25. The van der Waals surface area contributed by atoms with E-state index in [0.717, 1.165) is 0 Å². The molecule has 2 fully saturated rings. The summed E-state index contributed by atoms with van der Waals surface area (Å²) in [6.45, 7) is 5.52. The Balaban J connectivity index is 1.85. The number of allylic oxidation sites excluding steroid dienone is 1. The van der Waals surface area contributed by atoms with Crippen molar-refractivity contribution in [3.63, 3.8) is 0 Å². The van der Waals surface area contributed by atoms with Crippen LogP contribution in [0.3, 0.4) is 0 Å². The first kappa shape index (κ1) is 11.5. The molecule has 3 aliphatic heterocycles. The maximum absolute atomic E-state index is 9.89. The highest BCUT2D eigenvalue weighted by molar-refractivity contribution is 5.49. The molecule has 5 nitrogen and oxygen atoms in total. The van der Waals surface area contributed by atoms with Gasteiger partial charge in [0, 0.05) is 6.42 Å². The van der Waals surface area contributed by atoms with Crippen LogP contribution < -0.4 is 0 Å². The summed E-state index contributed by atoms with van der Waals surface area (Å²) in [5, 5.41) is 19.6. The van der Waals surface area contributed by atoms with Gasteiger partial charge in [0.1, 0.15) is 5.76 Å². The summed E-state index contributed by atoms with van der Waals surface area (Å²) >= 11 is 0. The number of aliphatic hydroxyl groups excluding tert-OH is 2. The predicted octanol–water partition coefficient (Wildman–Crippen LogP) is 0.801. The SMILES string of the molecule is C=C1O[C@]23C=C[C@@H]4C[C@@H](O)O[C@H](OC2=C1[C@@H](C)O)[C@@H]43. The van der Waals surface area contributed by atoms with Crippen molar-refractivity contribution in [2.75, 3.05) is 0 Å². The van der Waals surface area contributed by atoms with Crippen LogP contribution in [0.15, 0.2) is 35.8 Å². The quantitative estimate of drug-likeness (QED) is 0.686. The van der Waals surface area contributed by atoms with Crippen molar-refractivity contribution < 1.29 is 24.4 Å². The van der Waals surface area contributed by atoms with Crippen LogP contribution in [-0.2, 0) is 14.2 Å². The summed E-state index contributed by atoms with van der Waals surface area (Å²) in [5.41, 5.74) is -0.100. The fraction of sp³-hybridized carbons (Fsp3) is 0.571. The molecule has 1 spiro atoms. The van der Waals surface area contributed by atoms with Crippen molar-refractivity contribution in [3.8, 4) is 0 Å². The minimum absolute atomic E-state index is 0.0149. The molecule has 5 heteroatoms. The topological polar surface area (TPSA) is 68.2 Å². The third-order valence-corrected chi connectivity index (χ3v) is 4.45. The molecule has 0 aromatic carbocycles. The number of hydrogen-bond donors (Lipinski definition) is 2. The molecule has 0 unspecified atom stereocenters. The maximum atomic E-state index is 9.89. The Bertz CT molecular complexity index is 520. The highest BCUT2D eigenvalue weighted by Crippen LogP contribution is 2.60. The molecule has 0 aromatic heterocycles. The van der Waals surface area contributed by atoms with Gasteiger partial charge in [-0.25, -0.2) is 0 Å². The molecule has 102 valence electrons. The Morgan fingerprint density at radius 3 is 3.05 bits per heavy atom. The van der Waals surface area contributed by atoms with E-state index in [1.54, 1.807) is 6.92 Å². The zero-order valence-corrected chi connectivity index (χ0v) is 10.6. The minimum Gasteiger partial charge on any atom is -0.475 e. The molecule has 0 amide bonds. The van der Waals surface area contributed by atoms with E-state index in [1.165, 1.54) is 0 Å². The number of rotatable bonds is 1. The van der Waals surface area contributed by atoms with Crippen molar-refractivity contribution in [2.45, 2.75) is 37.6 Å². The first-order valence-electron chi connectivity index (χ1n) is 6.53. The molecule has 2 saturated heterocycles. The zero-order valence-electron chi connectivity index (χ0n) is 10.6. The lowest BCUT2D eigenvalue weighted by molar-refractivity contribution is -0.255. The van der Waals surface area contributed by atoms with Gasteiger partial charge in [0.05, 0.1) is 17.6 Å². The maximum Gasteiger partial charge on any atom is 0.210 e. The fourth-order valence-corrected chi connectivity index (χ4v) is 3.74. The van der Waals surface area contributed by atoms with Gasteiger partial charge in [-0.3, -0.25) is 0 Å². The van der Waals surface area contributed by atoms with Gasteiger partial charge in [0.25, 0.3) is 0 Å². The summed E-state index contributed by atoms with van der Waals surface area (Å²) < 4.78 is 17.2. The normalized spacial score (nSPS) is 47.8. The molecule has 0 aromatic rings. The van der Waals surface area contributed by atoms with E-state index in [1.807, 2.05) is 12.2 Å². The van der Waals surface area contributed by atoms with Gasteiger partial charge in [-0.05, 0) is 18.9 Å². The molecule has 0 radical (unpaired) electrons. The first-order valence-corrected chi connectivity index (χ1v) is 6.53. The molecule has 2 N–H and O–H groups in total. The van der Waals surface area contributed by atoms with Crippen molar-refractivity contribution >= 4 is 0 Å². The van der Waals surface area contributed by atoms with Crippen molar-refractivity contribution in [2.24, 2.45) is 11.8 Å². The van der Waals surface area contributed by atoms with Crippen molar-refractivity contribution in [3.05, 3.63) is 35.8 Å². The second-order valence-electron chi connectivity index (χ2n) is 5.60. The molecule has 1 aliphatic carbocycles. The summed E-state index contributed by atoms with van der Waals surface area (Å²) in [5.74, 6) is 1.20. The number of ether oxygens (including phenoxy) is 3. The van der Waals surface area contributed by atoms with Gasteiger partial charge < -0.3 is 24.4 Å². The van der Waals surface area contributed by atoms with Gasteiger partial charge in [-0.1, -0.05) is 12.7 Å². The molecular weight excluding hydrogens is 248 g/mol. The lowest BCUT2D eigenvalue weighted by atomic mass is 9.81. The van der Waals surface area contributed by atoms with Crippen LogP contribution in [0.2, 0.25) is 0 Å². The predicted molar refractivity (Wildman–Crippen MR) is 64.4 cm³/mol. The van der Waals surface area contributed by atoms with E-state index in [2.05, 4.69) is 6.58 Å². The molecule has 0 bridgehead atoms. The average molecular weight is 264 g/mol. The van der Waals surface area contributed by atoms with Crippen LogP contribution >= 0.6 is 0 Å². The third-order valence-electron chi connectivity index (χ3n) is 4.45. The zero-order chi connectivity index (χ0) is 13.4. The van der Waals surface area contributed by atoms with Gasteiger partial charge in [-0.2, -0.15) is 0 Å². The molecule has 6 atom stereocenters. The monoisotopic (exact) mass is 264 g/mol. The summed E-state index contributed by atoms with van der Waals surface area (Å²) in [7, 11) is 0. The van der Waals surface area contributed by atoms with E-state index in [9.17, 15) is 10.2 Å². The van der Waals surface area contributed by atoms with E-state index in [0.29, 0.717) is 23.5 Å². The summed E-state index contributed by atoms with van der Waals surface area (Å²) in [4.78, 5) is 0. The molecule has 4 aliphatic rings. The van der Waals surface area contributed by atoms with E-state index >= 15 is 0 Å². The molecular formula is C14H16O5. The molecule has 3 heterocycles. The van der Waals surface area contributed by atoms with Crippen LogP contribution in [0, 0.1) is 11.8 Å². The minimum atomic E-state index is -0.816. The Morgan fingerprint density at radius 2 is 2.32 bits per heavy atom. The Hall–Kier alpha value is -1.30. The Kier molecular flexibility index (Phi) is 2.07. The van der Waals surface area contributed by atoms with Gasteiger partial charge in [-0.15, -0.1) is 0 Å². The molecule has 0 saturated carbocycles. The van der Waals surface area contributed by atoms with E-state index in [-0.39, 0.29) is 11.8 Å². The smallest absolute Gasteiger partial charge is 0.210 e. The lowest BCUT2D eigenvalue weighted by Gasteiger charge is -2.35. The van der Waals surface area contributed by atoms with E-state index in [4.69, 9.17) is 14.2 Å². The average Bonchev–Trinajstić information content (AvgIpc) is 2.88. The van der Waals surface area contributed by atoms with Crippen LogP contribution in [0.5, 0.6) is 0 Å². The lowest BCUT2D eigenvalue weighted by Crippen LogP contribution is -2.44.